The van der Waals surface area contributed by atoms with Gasteiger partial charge >= 0.3 is 5.97 Å². The van der Waals surface area contributed by atoms with Crippen LogP contribution in [0.1, 0.15) is 38.8 Å². The number of rotatable bonds is 4. The number of halogens is 1. The third-order valence-electron chi connectivity index (χ3n) is 4.91. The van der Waals surface area contributed by atoms with Gasteiger partial charge in [0.2, 0.25) is 0 Å². The van der Waals surface area contributed by atoms with Crippen molar-refractivity contribution in [3.8, 4) is 11.3 Å². The van der Waals surface area contributed by atoms with E-state index < -0.39 is 5.97 Å². The van der Waals surface area contributed by atoms with Crippen molar-refractivity contribution in [3.63, 3.8) is 0 Å². The molecule has 1 aromatic carbocycles. The van der Waals surface area contributed by atoms with E-state index in [1.165, 1.54) is 28.3 Å². The highest BCUT2D eigenvalue weighted by Gasteiger charge is 2.22. The van der Waals surface area contributed by atoms with Gasteiger partial charge in [-0.2, -0.15) is 0 Å². The number of benzene rings is 1. The van der Waals surface area contributed by atoms with Crippen molar-refractivity contribution in [2.24, 2.45) is 5.16 Å². The van der Waals surface area contributed by atoms with E-state index in [4.69, 9.17) is 21.4 Å². The minimum atomic E-state index is -0.461. The highest BCUT2D eigenvalue weighted by molar-refractivity contribution is 7.17. The van der Waals surface area contributed by atoms with Gasteiger partial charge in [0.05, 0.1) is 17.6 Å². The highest BCUT2D eigenvalue weighted by Crippen LogP contribution is 2.34. The van der Waals surface area contributed by atoms with Crippen molar-refractivity contribution in [3.05, 3.63) is 67.9 Å². The molecule has 0 fully saturated rings. The van der Waals surface area contributed by atoms with Crippen molar-refractivity contribution >= 4 is 51.4 Å². The highest BCUT2D eigenvalue weighted by atomic mass is 35.5. The Morgan fingerprint density at radius 3 is 2.83 bits per heavy atom. The molecular weight excluding hydrogens is 426 g/mol. The molecule has 0 N–H and O–H groups in total. The average molecular weight is 442 g/mol. The molecular formula is C21H16ClN3O2S2. The van der Waals surface area contributed by atoms with Crippen LogP contribution < -0.4 is 0 Å². The Labute approximate surface area is 180 Å². The number of aryl methyl sites for hydroxylation is 2. The molecule has 4 aromatic rings. The Balaban J connectivity index is 1.57. The topological polar surface area (TPSA) is 56.0 Å². The minimum Gasteiger partial charge on any atom is -0.312 e. The lowest BCUT2D eigenvalue weighted by molar-refractivity contribution is 0.0525. The molecule has 0 unspecified atom stereocenters. The third-order valence-corrected chi connectivity index (χ3v) is 7.15. The average Bonchev–Trinajstić information content (AvgIpc) is 3.45. The van der Waals surface area contributed by atoms with Gasteiger partial charge in [-0.05, 0) is 49.3 Å². The SMILES string of the molecule is O=C(ON=Cc1c(-c2ccc(Cl)cc2)nc2sc3c(n12)CCCC3)c1cccs1. The van der Waals surface area contributed by atoms with E-state index in [9.17, 15) is 4.79 Å². The van der Waals surface area contributed by atoms with Gasteiger partial charge in [0.1, 0.15) is 4.88 Å². The summed E-state index contributed by atoms with van der Waals surface area (Å²) in [5, 5.41) is 6.51. The molecule has 29 heavy (non-hydrogen) atoms. The number of thiazole rings is 1. The number of hydrogen-bond donors (Lipinski definition) is 0. The number of carbonyl (C=O) groups is 1. The Hall–Kier alpha value is -2.48. The van der Waals surface area contributed by atoms with Crippen LogP contribution >= 0.6 is 34.3 Å². The van der Waals surface area contributed by atoms with Crippen molar-refractivity contribution < 1.29 is 9.63 Å². The number of thiophene rings is 1. The van der Waals surface area contributed by atoms with Crippen LogP contribution in [0.2, 0.25) is 5.02 Å². The molecule has 5 nitrogen and oxygen atoms in total. The zero-order chi connectivity index (χ0) is 19.8. The molecule has 3 aromatic heterocycles. The summed E-state index contributed by atoms with van der Waals surface area (Å²) in [5.74, 6) is -0.461. The molecule has 5 rings (SSSR count). The second kappa shape index (κ2) is 7.74. The molecule has 146 valence electrons. The number of nitrogens with zero attached hydrogens (tertiary/aromatic N) is 3. The number of fused-ring (bicyclic) bond motifs is 3. The maximum atomic E-state index is 12.1. The molecule has 0 saturated carbocycles. The predicted octanol–water partition coefficient (Wildman–Crippen LogP) is 5.85. The van der Waals surface area contributed by atoms with Crippen molar-refractivity contribution in [2.45, 2.75) is 25.7 Å². The molecule has 8 heteroatoms. The van der Waals surface area contributed by atoms with Crippen molar-refractivity contribution in [1.82, 2.24) is 9.38 Å². The number of imidazole rings is 1. The molecule has 1 aliphatic rings. The van der Waals surface area contributed by atoms with Gasteiger partial charge in [-0.25, -0.2) is 9.78 Å². The molecule has 0 spiro atoms. The van der Waals surface area contributed by atoms with Crippen LogP contribution in [0.3, 0.4) is 0 Å². The lowest BCUT2D eigenvalue weighted by Crippen LogP contribution is -2.05. The first kappa shape index (κ1) is 18.5. The molecule has 0 saturated heterocycles. The summed E-state index contributed by atoms with van der Waals surface area (Å²) in [6, 6.07) is 11.1. The predicted molar refractivity (Wildman–Crippen MR) is 117 cm³/mol. The second-order valence-electron chi connectivity index (χ2n) is 6.74. The van der Waals surface area contributed by atoms with Crippen LogP contribution in [0.4, 0.5) is 0 Å². The summed E-state index contributed by atoms with van der Waals surface area (Å²) in [6.07, 6.45) is 6.07. The summed E-state index contributed by atoms with van der Waals surface area (Å²) in [4.78, 5) is 24.9. The number of carbonyl (C=O) groups excluding carboxylic acids is 1. The molecule has 0 radical (unpaired) electrons. The fourth-order valence-corrected chi connectivity index (χ4v) is 5.50. The van der Waals surface area contributed by atoms with E-state index in [1.54, 1.807) is 23.6 Å². The van der Waals surface area contributed by atoms with Crippen LogP contribution in [0.25, 0.3) is 16.2 Å². The van der Waals surface area contributed by atoms with Crippen LogP contribution in [0.5, 0.6) is 0 Å². The maximum absolute atomic E-state index is 12.1. The summed E-state index contributed by atoms with van der Waals surface area (Å²) in [7, 11) is 0. The van der Waals surface area contributed by atoms with E-state index >= 15 is 0 Å². The van der Waals surface area contributed by atoms with Gasteiger partial charge in [0, 0.05) is 21.2 Å². The fourth-order valence-electron chi connectivity index (χ4n) is 3.56. The van der Waals surface area contributed by atoms with Crippen LogP contribution in [-0.4, -0.2) is 21.6 Å². The van der Waals surface area contributed by atoms with Crippen LogP contribution in [-0.2, 0) is 17.7 Å². The smallest absolute Gasteiger partial charge is 0.312 e. The monoisotopic (exact) mass is 441 g/mol. The van der Waals surface area contributed by atoms with Crippen LogP contribution in [0.15, 0.2) is 46.9 Å². The Morgan fingerprint density at radius 1 is 1.21 bits per heavy atom. The lowest BCUT2D eigenvalue weighted by Gasteiger charge is -2.11. The van der Waals surface area contributed by atoms with Gasteiger partial charge in [0.15, 0.2) is 4.96 Å². The molecule has 0 bridgehead atoms. The van der Waals surface area contributed by atoms with E-state index in [1.807, 2.05) is 35.7 Å². The van der Waals surface area contributed by atoms with Gasteiger partial charge in [-0.3, -0.25) is 4.40 Å². The molecule has 0 atom stereocenters. The number of oxime groups is 1. The zero-order valence-corrected chi connectivity index (χ0v) is 17.7. The van der Waals surface area contributed by atoms with Gasteiger partial charge in [0.25, 0.3) is 0 Å². The first-order valence-electron chi connectivity index (χ1n) is 9.28. The van der Waals surface area contributed by atoms with Gasteiger partial charge < -0.3 is 4.84 Å². The summed E-state index contributed by atoms with van der Waals surface area (Å²) < 4.78 is 2.16. The largest absolute Gasteiger partial charge is 0.375 e. The summed E-state index contributed by atoms with van der Waals surface area (Å²) in [5.41, 5.74) is 3.86. The normalized spacial score (nSPS) is 13.8. The van der Waals surface area contributed by atoms with Crippen molar-refractivity contribution in [2.75, 3.05) is 0 Å². The molecule has 1 aliphatic carbocycles. The van der Waals surface area contributed by atoms with E-state index in [2.05, 4.69) is 9.56 Å². The molecule has 3 heterocycles. The van der Waals surface area contributed by atoms with Crippen LogP contribution in [0, 0.1) is 0 Å². The third kappa shape index (κ3) is 3.50. The standard InChI is InChI=1S/C21H16ClN3O2S2/c22-14-9-7-13(8-10-14)19-16(12-23-27-20(26)18-6-3-11-28-18)25-15-4-1-2-5-17(15)29-21(25)24-19/h3,6-12H,1-2,4-5H2. The first-order chi connectivity index (χ1) is 14.2. The quantitative estimate of drug-likeness (QED) is 0.227. The second-order valence-corrected chi connectivity index (χ2v) is 9.19. The van der Waals surface area contributed by atoms with E-state index in [0.717, 1.165) is 41.2 Å². The first-order valence-corrected chi connectivity index (χ1v) is 11.4. The number of hydrogen-bond acceptors (Lipinski definition) is 6. The minimum absolute atomic E-state index is 0.461. The lowest BCUT2D eigenvalue weighted by atomic mass is 10.0. The van der Waals surface area contributed by atoms with E-state index in [-0.39, 0.29) is 0 Å². The van der Waals surface area contributed by atoms with Gasteiger partial charge in [-0.15, -0.1) is 22.7 Å². The Kier molecular flexibility index (Phi) is 4.95. The molecule has 0 amide bonds. The Morgan fingerprint density at radius 2 is 2.03 bits per heavy atom. The fraction of sp³-hybridized carbons (Fsp3) is 0.190. The zero-order valence-electron chi connectivity index (χ0n) is 15.3. The molecule has 0 aliphatic heterocycles. The Bertz CT molecular complexity index is 1210. The summed E-state index contributed by atoms with van der Waals surface area (Å²) >= 11 is 9.11. The van der Waals surface area contributed by atoms with Crippen molar-refractivity contribution in [1.29, 1.82) is 0 Å². The number of aromatic nitrogens is 2. The van der Waals surface area contributed by atoms with Gasteiger partial charge in [-0.1, -0.05) is 35.0 Å². The summed E-state index contributed by atoms with van der Waals surface area (Å²) in [6.45, 7) is 0. The van der Waals surface area contributed by atoms with E-state index in [0.29, 0.717) is 9.90 Å². The maximum Gasteiger partial charge on any atom is 0.375 e.